The number of furan rings is 1. The van der Waals surface area contributed by atoms with Gasteiger partial charge in [0, 0.05) is 43.3 Å². The third-order valence-electron chi connectivity index (χ3n) is 7.77. The zero-order chi connectivity index (χ0) is 30.1. The van der Waals surface area contributed by atoms with Crippen LogP contribution in [0.4, 0.5) is 0 Å². The van der Waals surface area contributed by atoms with Gasteiger partial charge in [-0.1, -0.05) is 104 Å². The van der Waals surface area contributed by atoms with E-state index in [1.807, 2.05) is 54.7 Å². The van der Waals surface area contributed by atoms with E-state index in [1.165, 1.54) is 21.7 Å². The van der Waals surface area contributed by atoms with Crippen molar-refractivity contribution in [3.05, 3.63) is 145 Å². The van der Waals surface area contributed by atoms with E-state index >= 15 is 0 Å². The van der Waals surface area contributed by atoms with Gasteiger partial charge in [0.15, 0.2) is 0 Å². The molecule has 0 atom stereocenters. The Hall–Kier alpha value is -4.63. The van der Waals surface area contributed by atoms with Gasteiger partial charge in [-0.15, -0.1) is 54.1 Å². The van der Waals surface area contributed by atoms with E-state index in [9.17, 15) is 0 Å². The van der Waals surface area contributed by atoms with Gasteiger partial charge in [-0.3, -0.25) is 0 Å². The van der Waals surface area contributed by atoms with E-state index in [0.717, 1.165) is 56.3 Å². The average Bonchev–Trinajstić information content (AvgIpc) is 3.44. The second-order valence-electron chi connectivity index (χ2n) is 12.3. The Morgan fingerprint density at radius 3 is 2.18 bits per heavy atom. The Morgan fingerprint density at radius 1 is 0.622 bits per heavy atom. The van der Waals surface area contributed by atoms with Crippen LogP contribution in [0.5, 0.6) is 0 Å². The molecule has 1 radical (unpaired) electrons. The summed E-state index contributed by atoms with van der Waals surface area (Å²) >= 11 is 0. The first kappa shape index (κ1) is 30.4. The van der Waals surface area contributed by atoms with Gasteiger partial charge in [-0.05, 0) is 51.5 Å². The molecule has 0 fully saturated rings. The fraction of sp³-hybridized carbons (Fsp3) is 0.122. The van der Waals surface area contributed by atoms with Crippen LogP contribution in [0.3, 0.4) is 0 Å². The number of hydrogen-bond donors (Lipinski definition) is 0. The molecule has 45 heavy (non-hydrogen) atoms. The standard InChI is InChI=1S/C30H24NO.C11H8N.Ir/c1-30(2,3)18-19-15-16-31-26(17-19)25-10-6-9-23-24-14-13-21-12-11-20-7-4-5-8-22(20)27(21)29(24)32-28(23)25;1-2-6-10(7-3-1)11-8-4-5-9-12-11;/h4-9,11-17H,18H2,1-3H3;1-6,8-9H;/q2*-1;. The third-order valence-corrected chi connectivity index (χ3v) is 7.77. The number of hydrogen-bond acceptors (Lipinski definition) is 3. The summed E-state index contributed by atoms with van der Waals surface area (Å²) in [6.45, 7) is 6.78. The Labute approximate surface area is 277 Å². The Kier molecular flexibility index (Phi) is 8.63. The second kappa shape index (κ2) is 12.8. The van der Waals surface area contributed by atoms with Crippen molar-refractivity contribution >= 4 is 43.5 Å². The molecule has 223 valence electrons. The second-order valence-corrected chi connectivity index (χ2v) is 12.3. The van der Waals surface area contributed by atoms with Gasteiger partial charge in [-0.2, -0.15) is 0 Å². The zero-order valence-electron chi connectivity index (χ0n) is 25.5. The molecule has 8 aromatic rings. The van der Waals surface area contributed by atoms with Crippen molar-refractivity contribution in [1.82, 2.24) is 9.97 Å². The van der Waals surface area contributed by atoms with Gasteiger partial charge >= 0.3 is 0 Å². The molecule has 0 unspecified atom stereocenters. The number of pyridine rings is 2. The molecule has 0 spiro atoms. The summed E-state index contributed by atoms with van der Waals surface area (Å²) < 4.78 is 6.63. The van der Waals surface area contributed by atoms with Crippen molar-refractivity contribution in [2.75, 3.05) is 0 Å². The maximum Gasteiger partial charge on any atom is 0.129 e. The van der Waals surface area contributed by atoms with E-state index in [1.54, 1.807) is 6.20 Å². The van der Waals surface area contributed by atoms with Crippen LogP contribution in [0.15, 0.2) is 132 Å². The summed E-state index contributed by atoms with van der Waals surface area (Å²) in [6.07, 6.45) is 4.68. The first-order valence-corrected chi connectivity index (χ1v) is 15.0. The number of benzene rings is 5. The molecule has 0 saturated carbocycles. The molecule has 5 aromatic carbocycles. The topological polar surface area (TPSA) is 38.9 Å². The minimum atomic E-state index is 0. The molecule has 0 N–H and O–H groups in total. The molecule has 0 saturated heterocycles. The number of rotatable bonds is 3. The minimum Gasteiger partial charge on any atom is -0.500 e. The van der Waals surface area contributed by atoms with Gasteiger partial charge in [0.2, 0.25) is 0 Å². The largest absolute Gasteiger partial charge is 0.500 e. The first-order valence-electron chi connectivity index (χ1n) is 15.0. The van der Waals surface area contributed by atoms with Crippen LogP contribution < -0.4 is 0 Å². The normalized spacial score (nSPS) is 11.4. The van der Waals surface area contributed by atoms with E-state index in [4.69, 9.17) is 4.42 Å². The monoisotopic (exact) mass is 761 g/mol. The van der Waals surface area contributed by atoms with Crippen LogP contribution in [-0.4, -0.2) is 9.97 Å². The van der Waals surface area contributed by atoms with Gasteiger partial charge in [0.05, 0.1) is 5.58 Å². The average molecular weight is 761 g/mol. The maximum absolute atomic E-state index is 6.63. The summed E-state index contributed by atoms with van der Waals surface area (Å²) in [7, 11) is 0. The van der Waals surface area contributed by atoms with Gasteiger partial charge < -0.3 is 14.4 Å². The molecular weight excluding hydrogens is 729 g/mol. The zero-order valence-corrected chi connectivity index (χ0v) is 27.9. The number of fused-ring (bicyclic) bond motifs is 7. The summed E-state index contributed by atoms with van der Waals surface area (Å²) in [6, 6.07) is 45.8. The number of nitrogens with zero attached hydrogens (tertiary/aromatic N) is 2. The van der Waals surface area contributed by atoms with Crippen LogP contribution in [0.2, 0.25) is 0 Å². The predicted octanol–water partition coefficient (Wildman–Crippen LogP) is 10.9. The van der Waals surface area contributed by atoms with Crippen molar-refractivity contribution in [2.24, 2.45) is 5.41 Å². The first-order chi connectivity index (χ1) is 21.4. The Balaban J connectivity index is 0.000000231. The molecule has 3 nitrogen and oxygen atoms in total. The summed E-state index contributed by atoms with van der Waals surface area (Å²) in [5, 5.41) is 7.02. The fourth-order valence-corrected chi connectivity index (χ4v) is 5.89. The molecule has 0 aliphatic carbocycles. The maximum atomic E-state index is 6.63. The predicted molar refractivity (Wildman–Crippen MR) is 182 cm³/mol. The molecule has 3 heterocycles. The minimum absolute atomic E-state index is 0. The molecule has 8 rings (SSSR count). The van der Waals surface area contributed by atoms with Crippen LogP contribution in [0.25, 0.3) is 66.0 Å². The SMILES string of the molecule is CC(C)(C)Cc1ccnc(-c2[c-]ccc3c2oc2c3ccc3ccc4ccccc4c32)c1.[Ir].[c-]1ccccc1-c1ccccn1. The smallest absolute Gasteiger partial charge is 0.129 e. The van der Waals surface area contributed by atoms with Crippen molar-refractivity contribution in [3.63, 3.8) is 0 Å². The van der Waals surface area contributed by atoms with Gasteiger partial charge in [-0.25, -0.2) is 0 Å². The van der Waals surface area contributed by atoms with Crippen molar-refractivity contribution in [1.29, 1.82) is 0 Å². The third kappa shape index (κ3) is 6.31. The van der Waals surface area contributed by atoms with Crippen molar-refractivity contribution in [3.8, 4) is 22.5 Å². The van der Waals surface area contributed by atoms with Crippen LogP contribution >= 0.6 is 0 Å². The van der Waals surface area contributed by atoms with Crippen molar-refractivity contribution in [2.45, 2.75) is 27.2 Å². The molecule has 0 aliphatic rings. The van der Waals surface area contributed by atoms with Crippen LogP contribution in [0.1, 0.15) is 26.3 Å². The fourth-order valence-electron chi connectivity index (χ4n) is 5.89. The Morgan fingerprint density at radius 2 is 1.38 bits per heavy atom. The van der Waals surface area contributed by atoms with E-state index in [2.05, 4.69) is 110 Å². The Bertz CT molecular complexity index is 2200. The molecule has 0 amide bonds. The summed E-state index contributed by atoms with van der Waals surface area (Å²) in [5.74, 6) is 0. The van der Waals surface area contributed by atoms with E-state index in [0.29, 0.717) is 0 Å². The van der Waals surface area contributed by atoms with E-state index < -0.39 is 0 Å². The molecule has 3 aromatic heterocycles. The molecule has 0 aliphatic heterocycles. The van der Waals surface area contributed by atoms with E-state index in [-0.39, 0.29) is 25.5 Å². The summed E-state index contributed by atoms with van der Waals surface area (Å²) in [5.41, 5.74) is 7.11. The quantitative estimate of drug-likeness (QED) is 0.133. The molecular formula is C41H32IrN2O-2. The van der Waals surface area contributed by atoms with Gasteiger partial charge in [0.1, 0.15) is 5.58 Å². The van der Waals surface area contributed by atoms with Crippen LogP contribution in [0, 0.1) is 17.5 Å². The summed E-state index contributed by atoms with van der Waals surface area (Å²) in [4.78, 5) is 8.90. The van der Waals surface area contributed by atoms with Crippen LogP contribution in [-0.2, 0) is 26.5 Å². The molecule has 0 bridgehead atoms. The van der Waals surface area contributed by atoms with Gasteiger partial charge in [0.25, 0.3) is 0 Å². The molecule has 4 heteroatoms. The number of aromatic nitrogens is 2. The van der Waals surface area contributed by atoms with Crippen molar-refractivity contribution < 1.29 is 24.5 Å².